The molecule has 5 atom stereocenters. The molecule has 0 saturated heterocycles. The first-order valence-corrected chi connectivity index (χ1v) is 8.25. The van der Waals surface area contributed by atoms with E-state index in [1.165, 1.54) is 56.2 Å². The minimum Gasteiger partial charge on any atom is -0.271 e. The molecule has 0 amide bonds. The molecular weight excluding hydrogens is 246 g/mol. The number of hydrogen-bond acceptors (Lipinski definition) is 3. The van der Waals surface area contributed by atoms with E-state index >= 15 is 0 Å². The van der Waals surface area contributed by atoms with Crippen molar-refractivity contribution >= 4 is 0 Å². The Hall–Kier alpha value is -0.930. The summed E-state index contributed by atoms with van der Waals surface area (Å²) in [5, 5.41) is 0. The van der Waals surface area contributed by atoms with Crippen LogP contribution < -0.4 is 11.3 Å². The first kappa shape index (κ1) is 12.8. The van der Waals surface area contributed by atoms with Crippen molar-refractivity contribution in [2.45, 2.75) is 56.9 Å². The number of hydrogen-bond donors (Lipinski definition) is 2. The van der Waals surface area contributed by atoms with Crippen molar-refractivity contribution in [2.24, 2.45) is 23.6 Å². The number of nitrogens with one attached hydrogen (secondary N) is 1. The third kappa shape index (κ3) is 2.08. The number of aromatic nitrogens is 1. The van der Waals surface area contributed by atoms with Gasteiger partial charge in [-0.1, -0.05) is 12.5 Å². The Morgan fingerprint density at radius 3 is 3.00 bits per heavy atom. The zero-order valence-corrected chi connectivity index (χ0v) is 12.1. The molecule has 3 nitrogen and oxygen atoms in total. The number of pyridine rings is 1. The first-order valence-electron chi connectivity index (χ1n) is 8.25. The van der Waals surface area contributed by atoms with Gasteiger partial charge in [0.1, 0.15) is 0 Å². The zero-order valence-electron chi connectivity index (χ0n) is 12.1. The van der Waals surface area contributed by atoms with Gasteiger partial charge in [-0.25, -0.2) is 0 Å². The van der Waals surface area contributed by atoms with Crippen molar-refractivity contribution in [3.05, 3.63) is 29.6 Å². The van der Waals surface area contributed by atoms with Gasteiger partial charge in [0.25, 0.3) is 0 Å². The lowest BCUT2D eigenvalue weighted by atomic mass is 9.81. The highest BCUT2D eigenvalue weighted by atomic mass is 15.2. The molecule has 4 rings (SSSR count). The lowest BCUT2D eigenvalue weighted by Crippen LogP contribution is -2.41. The molecule has 3 aliphatic carbocycles. The smallest absolute Gasteiger partial charge is 0.0482 e. The molecule has 0 spiro atoms. The second kappa shape index (κ2) is 5.12. The summed E-state index contributed by atoms with van der Waals surface area (Å²) in [5.41, 5.74) is 5.87. The van der Waals surface area contributed by atoms with Gasteiger partial charge >= 0.3 is 0 Å². The average Bonchev–Trinajstić information content (AvgIpc) is 3.19. The average molecular weight is 271 g/mol. The quantitative estimate of drug-likeness (QED) is 0.654. The van der Waals surface area contributed by atoms with Crippen molar-refractivity contribution in [2.75, 3.05) is 0 Å². The maximum Gasteiger partial charge on any atom is 0.0482 e. The molecule has 5 unspecified atom stereocenters. The molecule has 2 fully saturated rings. The van der Waals surface area contributed by atoms with Crippen LogP contribution in [0.1, 0.15) is 55.7 Å². The molecule has 20 heavy (non-hydrogen) atoms. The Morgan fingerprint density at radius 2 is 2.25 bits per heavy atom. The molecule has 108 valence electrons. The predicted molar refractivity (Wildman–Crippen MR) is 80.0 cm³/mol. The molecule has 1 heterocycles. The fraction of sp³-hybridized carbons (Fsp3) is 0.706. The van der Waals surface area contributed by atoms with E-state index in [-0.39, 0.29) is 0 Å². The summed E-state index contributed by atoms with van der Waals surface area (Å²) in [6.45, 7) is 0. The number of aryl methyl sites for hydroxylation is 1. The summed E-state index contributed by atoms with van der Waals surface area (Å²) in [4.78, 5) is 4.64. The number of nitrogens with two attached hydrogens (primary N) is 1. The van der Waals surface area contributed by atoms with Crippen LogP contribution in [0.2, 0.25) is 0 Å². The third-order valence-corrected chi connectivity index (χ3v) is 6.14. The molecule has 1 aromatic heterocycles. The van der Waals surface area contributed by atoms with Crippen LogP contribution >= 0.6 is 0 Å². The van der Waals surface area contributed by atoms with E-state index < -0.39 is 0 Å². The van der Waals surface area contributed by atoms with Crippen LogP contribution in [-0.2, 0) is 6.42 Å². The van der Waals surface area contributed by atoms with Crippen LogP contribution in [0, 0.1) is 17.8 Å². The Balaban J connectivity index is 1.49. The Kier molecular flexibility index (Phi) is 3.27. The second-order valence-corrected chi connectivity index (χ2v) is 7.14. The van der Waals surface area contributed by atoms with Crippen molar-refractivity contribution in [1.29, 1.82) is 0 Å². The van der Waals surface area contributed by atoms with Gasteiger partial charge in [-0.2, -0.15) is 0 Å². The van der Waals surface area contributed by atoms with Gasteiger partial charge in [0.2, 0.25) is 0 Å². The van der Waals surface area contributed by atoms with Gasteiger partial charge in [0.15, 0.2) is 0 Å². The van der Waals surface area contributed by atoms with Crippen molar-refractivity contribution < 1.29 is 0 Å². The zero-order chi connectivity index (χ0) is 13.5. The minimum absolute atomic E-state index is 0.412. The van der Waals surface area contributed by atoms with Gasteiger partial charge < -0.3 is 0 Å². The van der Waals surface area contributed by atoms with Crippen LogP contribution in [0.4, 0.5) is 0 Å². The summed E-state index contributed by atoms with van der Waals surface area (Å²) in [6.07, 6.45) is 11.4. The molecule has 0 aromatic carbocycles. The predicted octanol–water partition coefficient (Wildman–Crippen LogP) is 2.77. The molecule has 3 N–H and O–H groups in total. The summed E-state index contributed by atoms with van der Waals surface area (Å²) < 4.78 is 0. The molecule has 1 aromatic rings. The van der Waals surface area contributed by atoms with Gasteiger partial charge in [0.05, 0.1) is 0 Å². The van der Waals surface area contributed by atoms with E-state index in [1.54, 1.807) is 0 Å². The number of nitrogens with zero attached hydrogens (tertiary/aromatic N) is 1. The summed E-state index contributed by atoms with van der Waals surface area (Å²) in [5.74, 6) is 9.35. The topological polar surface area (TPSA) is 50.9 Å². The molecule has 0 aliphatic heterocycles. The number of hydrazine groups is 1. The van der Waals surface area contributed by atoms with Gasteiger partial charge in [0, 0.05) is 23.9 Å². The highest BCUT2D eigenvalue weighted by Crippen LogP contribution is 2.51. The molecule has 3 heteroatoms. The van der Waals surface area contributed by atoms with Crippen LogP contribution in [0.5, 0.6) is 0 Å². The van der Waals surface area contributed by atoms with E-state index in [2.05, 4.69) is 22.5 Å². The lowest BCUT2D eigenvalue weighted by molar-refractivity contribution is 0.259. The first-order chi connectivity index (χ1) is 9.85. The van der Waals surface area contributed by atoms with Crippen molar-refractivity contribution in [3.63, 3.8) is 0 Å². The molecule has 2 saturated carbocycles. The highest BCUT2D eigenvalue weighted by molar-refractivity contribution is 5.30. The molecule has 3 aliphatic rings. The number of fused-ring (bicyclic) bond motifs is 3. The van der Waals surface area contributed by atoms with Gasteiger partial charge in [-0.3, -0.25) is 16.3 Å². The summed E-state index contributed by atoms with van der Waals surface area (Å²) in [6, 6.07) is 4.70. The number of rotatable bonds is 4. The fourth-order valence-corrected chi connectivity index (χ4v) is 5.18. The van der Waals surface area contributed by atoms with Gasteiger partial charge in [-0.05, 0) is 67.9 Å². The van der Waals surface area contributed by atoms with Crippen LogP contribution in [0.25, 0.3) is 0 Å². The maximum absolute atomic E-state index is 5.91. The Morgan fingerprint density at radius 1 is 1.30 bits per heavy atom. The fourth-order valence-electron chi connectivity index (χ4n) is 5.18. The van der Waals surface area contributed by atoms with Gasteiger partial charge in [-0.15, -0.1) is 0 Å². The largest absolute Gasteiger partial charge is 0.271 e. The van der Waals surface area contributed by atoms with E-state index in [4.69, 9.17) is 5.84 Å². The van der Waals surface area contributed by atoms with Crippen molar-refractivity contribution in [1.82, 2.24) is 10.4 Å². The van der Waals surface area contributed by atoms with Crippen LogP contribution in [0.15, 0.2) is 18.3 Å². The lowest BCUT2D eigenvalue weighted by Gasteiger charge is -2.29. The monoisotopic (exact) mass is 271 g/mol. The van der Waals surface area contributed by atoms with Crippen molar-refractivity contribution in [3.8, 4) is 0 Å². The van der Waals surface area contributed by atoms with Crippen LogP contribution in [0.3, 0.4) is 0 Å². The SMILES string of the molecule is NNC(CC1CC2CCC1C2)C1CCc2cccnc21. The molecule has 0 radical (unpaired) electrons. The summed E-state index contributed by atoms with van der Waals surface area (Å²) >= 11 is 0. The summed E-state index contributed by atoms with van der Waals surface area (Å²) in [7, 11) is 0. The minimum atomic E-state index is 0.412. The van der Waals surface area contributed by atoms with E-state index in [0.717, 1.165) is 17.8 Å². The Labute approximate surface area is 121 Å². The second-order valence-electron chi connectivity index (χ2n) is 7.14. The molecular formula is C17H25N3. The van der Waals surface area contributed by atoms with E-state index in [1.807, 2.05) is 6.20 Å². The van der Waals surface area contributed by atoms with E-state index in [0.29, 0.717) is 12.0 Å². The van der Waals surface area contributed by atoms with E-state index in [9.17, 15) is 0 Å². The standard InChI is InChI=1S/C17H25N3/c18-20-16(10-14-9-11-3-4-13(14)8-11)15-6-5-12-2-1-7-19-17(12)15/h1-2,7,11,13-16,20H,3-6,8-10,18H2. The normalized spacial score (nSPS) is 36.2. The van der Waals surface area contributed by atoms with Crippen LogP contribution in [-0.4, -0.2) is 11.0 Å². The highest BCUT2D eigenvalue weighted by Gasteiger charge is 2.41. The Bertz CT molecular complexity index is 487. The third-order valence-electron chi connectivity index (χ3n) is 6.14. The molecule has 2 bridgehead atoms. The maximum atomic E-state index is 5.91.